The summed E-state index contributed by atoms with van der Waals surface area (Å²) in [7, 11) is 0. The fourth-order valence-electron chi connectivity index (χ4n) is 2.04. The number of nitrogens with zero attached hydrogens (tertiary/aromatic N) is 1. The van der Waals surface area contributed by atoms with E-state index in [0.29, 0.717) is 21.4 Å². The summed E-state index contributed by atoms with van der Waals surface area (Å²) in [4.78, 5) is 28.4. The van der Waals surface area contributed by atoms with Crippen molar-refractivity contribution in [2.24, 2.45) is 0 Å². The van der Waals surface area contributed by atoms with E-state index < -0.39 is 0 Å². The van der Waals surface area contributed by atoms with E-state index in [9.17, 15) is 9.59 Å². The van der Waals surface area contributed by atoms with E-state index in [4.69, 9.17) is 23.2 Å². The van der Waals surface area contributed by atoms with Gasteiger partial charge in [0, 0.05) is 22.8 Å². The second-order valence-electron chi connectivity index (χ2n) is 4.92. The fraction of sp³-hybridized carbons (Fsp3) is 0. The molecule has 0 aliphatic carbocycles. The van der Waals surface area contributed by atoms with Crippen LogP contribution in [0.25, 0.3) is 0 Å². The molecule has 8 heteroatoms. The number of hydrogen-bond acceptors (Lipinski definition) is 4. The standard InChI is InChI=1S/C17H11Cl2N3O2S/c18-13-3-1-2-12(14(13)19)16(24)21-11-6-4-10(5-7-11)15(23)22-17-20-8-9-25-17/h1-9H,(H,21,24)(H,20,22,23). The summed E-state index contributed by atoms with van der Waals surface area (Å²) < 4.78 is 0. The highest BCUT2D eigenvalue weighted by molar-refractivity contribution is 7.13. The zero-order chi connectivity index (χ0) is 17.8. The predicted octanol–water partition coefficient (Wildman–Crippen LogP) is 4.95. The van der Waals surface area contributed by atoms with Gasteiger partial charge in [-0.05, 0) is 36.4 Å². The second-order valence-corrected chi connectivity index (χ2v) is 6.60. The Bertz CT molecular complexity index is 912. The number of anilines is 2. The maximum absolute atomic E-state index is 12.3. The van der Waals surface area contributed by atoms with Gasteiger partial charge in [0.05, 0.1) is 15.6 Å². The summed E-state index contributed by atoms with van der Waals surface area (Å²) in [5.74, 6) is -0.654. The van der Waals surface area contributed by atoms with Crippen LogP contribution in [0.2, 0.25) is 10.0 Å². The van der Waals surface area contributed by atoms with Gasteiger partial charge in [0.15, 0.2) is 5.13 Å². The Morgan fingerprint density at radius 2 is 1.72 bits per heavy atom. The molecule has 126 valence electrons. The molecule has 0 atom stereocenters. The molecule has 2 amide bonds. The summed E-state index contributed by atoms with van der Waals surface area (Å²) in [5, 5.41) is 8.20. The molecule has 0 unspecified atom stereocenters. The first kappa shape index (κ1) is 17.4. The number of carbonyl (C=O) groups excluding carboxylic acids is 2. The van der Waals surface area contributed by atoms with Gasteiger partial charge in [-0.2, -0.15) is 0 Å². The average Bonchev–Trinajstić information content (AvgIpc) is 3.11. The van der Waals surface area contributed by atoms with E-state index in [1.165, 1.54) is 11.3 Å². The number of carbonyl (C=O) groups is 2. The average molecular weight is 392 g/mol. The SMILES string of the molecule is O=C(Nc1nccs1)c1ccc(NC(=O)c2cccc(Cl)c2Cl)cc1. The molecule has 2 N–H and O–H groups in total. The Morgan fingerprint density at radius 3 is 2.40 bits per heavy atom. The Kier molecular flexibility index (Phi) is 5.33. The number of nitrogens with one attached hydrogen (secondary N) is 2. The molecule has 2 aromatic carbocycles. The molecule has 25 heavy (non-hydrogen) atoms. The third kappa shape index (κ3) is 4.17. The number of aromatic nitrogens is 1. The monoisotopic (exact) mass is 391 g/mol. The van der Waals surface area contributed by atoms with Crippen LogP contribution in [0.3, 0.4) is 0 Å². The zero-order valence-corrected chi connectivity index (χ0v) is 15.0. The van der Waals surface area contributed by atoms with Crippen LogP contribution >= 0.6 is 34.5 Å². The van der Waals surface area contributed by atoms with Gasteiger partial charge < -0.3 is 5.32 Å². The molecule has 0 spiro atoms. The number of hydrogen-bond donors (Lipinski definition) is 2. The molecule has 0 bridgehead atoms. The molecule has 0 aliphatic heterocycles. The third-order valence-corrected chi connectivity index (χ3v) is 4.76. The molecule has 0 radical (unpaired) electrons. The van der Waals surface area contributed by atoms with Crippen LogP contribution < -0.4 is 10.6 Å². The van der Waals surface area contributed by atoms with Crippen molar-refractivity contribution in [3.8, 4) is 0 Å². The number of benzene rings is 2. The lowest BCUT2D eigenvalue weighted by molar-refractivity contribution is 0.102. The van der Waals surface area contributed by atoms with Gasteiger partial charge in [-0.25, -0.2) is 4.98 Å². The zero-order valence-electron chi connectivity index (χ0n) is 12.6. The summed E-state index contributed by atoms with van der Waals surface area (Å²) in [6.45, 7) is 0. The van der Waals surface area contributed by atoms with Crippen LogP contribution in [0.4, 0.5) is 10.8 Å². The van der Waals surface area contributed by atoms with Crippen molar-refractivity contribution in [2.45, 2.75) is 0 Å². The molecule has 5 nitrogen and oxygen atoms in total. The number of rotatable bonds is 4. The van der Waals surface area contributed by atoms with Crippen LogP contribution in [0, 0.1) is 0 Å². The molecule has 0 saturated heterocycles. The highest BCUT2D eigenvalue weighted by atomic mass is 35.5. The lowest BCUT2D eigenvalue weighted by Crippen LogP contribution is -2.14. The van der Waals surface area contributed by atoms with E-state index in [2.05, 4.69) is 15.6 Å². The molecular formula is C17H11Cl2N3O2S. The highest BCUT2D eigenvalue weighted by Gasteiger charge is 2.13. The largest absolute Gasteiger partial charge is 0.322 e. The van der Waals surface area contributed by atoms with Crippen LogP contribution in [-0.4, -0.2) is 16.8 Å². The first-order valence-corrected chi connectivity index (χ1v) is 8.74. The third-order valence-electron chi connectivity index (χ3n) is 3.25. The van der Waals surface area contributed by atoms with Gasteiger partial charge in [0.2, 0.25) is 0 Å². The van der Waals surface area contributed by atoms with E-state index in [1.54, 1.807) is 54.0 Å². The molecule has 1 heterocycles. The van der Waals surface area contributed by atoms with Crippen LogP contribution in [0.5, 0.6) is 0 Å². The lowest BCUT2D eigenvalue weighted by Gasteiger charge is -2.08. The van der Waals surface area contributed by atoms with E-state index in [-0.39, 0.29) is 22.4 Å². The Labute approximate surface area is 157 Å². The van der Waals surface area contributed by atoms with Crippen LogP contribution in [0.1, 0.15) is 20.7 Å². The number of halogens is 2. The summed E-state index contributed by atoms with van der Waals surface area (Å²) >= 11 is 13.3. The van der Waals surface area contributed by atoms with Crippen LogP contribution in [0.15, 0.2) is 54.0 Å². The normalized spacial score (nSPS) is 10.3. The van der Waals surface area contributed by atoms with Gasteiger partial charge in [-0.3, -0.25) is 14.9 Å². The van der Waals surface area contributed by atoms with Crippen molar-refractivity contribution < 1.29 is 9.59 Å². The topological polar surface area (TPSA) is 71.1 Å². The first-order valence-electron chi connectivity index (χ1n) is 7.11. The van der Waals surface area contributed by atoms with E-state index >= 15 is 0 Å². The summed E-state index contributed by atoms with van der Waals surface area (Å²) in [6, 6.07) is 11.3. The first-order chi connectivity index (χ1) is 12.0. The Morgan fingerprint density at radius 1 is 0.960 bits per heavy atom. The van der Waals surface area contributed by atoms with Crippen molar-refractivity contribution in [3.05, 3.63) is 75.2 Å². The quantitative estimate of drug-likeness (QED) is 0.660. The van der Waals surface area contributed by atoms with Crippen LogP contribution in [-0.2, 0) is 0 Å². The molecule has 0 aliphatic rings. The summed E-state index contributed by atoms with van der Waals surface area (Å²) in [5.41, 5.74) is 1.26. The van der Waals surface area contributed by atoms with Gasteiger partial charge in [-0.15, -0.1) is 11.3 Å². The fourth-order valence-corrected chi connectivity index (χ4v) is 2.95. The molecule has 3 aromatic rings. The lowest BCUT2D eigenvalue weighted by atomic mass is 10.1. The van der Waals surface area contributed by atoms with Gasteiger partial charge in [0.1, 0.15) is 0 Å². The molecular weight excluding hydrogens is 381 g/mol. The molecule has 0 fully saturated rings. The minimum atomic E-state index is -0.382. The summed E-state index contributed by atoms with van der Waals surface area (Å²) in [6.07, 6.45) is 1.61. The molecule has 0 saturated carbocycles. The van der Waals surface area contributed by atoms with E-state index in [0.717, 1.165) is 0 Å². The van der Waals surface area contributed by atoms with Crippen molar-refractivity contribution >= 4 is 57.2 Å². The minimum Gasteiger partial charge on any atom is -0.322 e. The van der Waals surface area contributed by atoms with Gasteiger partial charge in [0.25, 0.3) is 11.8 Å². The minimum absolute atomic E-state index is 0.195. The van der Waals surface area contributed by atoms with Gasteiger partial charge in [-0.1, -0.05) is 29.3 Å². The van der Waals surface area contributed by atoms with Crippen molar-refractivity contribution in [1.29, 1.82) is 0 Å². The van der Waals surface area contributed by atoms with Gasteiger partial charge >= 0.3 is 0 Å². The highest BCUT2D eigenvalue weighted by Crippen LogP contribution is 2.26. The predicted molar refractivity (Wildman–Crippen MR) is 101 cm³/mol. The molecule has 1 aromatic heterocycles. The molecule has 3 rings (SSSR count). The maximum atomic E-state index is 12.3. The second kappa shape index (κ2) is 7.65. The van der Waals surface area contributed by atoms with Crippen molar-refractivity contribution in [3.63, 3.8) is 0 Å². The number of amides is 2. The van der Waals surface area contributed by atoms with Crippen molar-refractivity contribution in [1.82, 2.24) is 4.98 Å². The van der Waals surface area contributed by atoms with E-state index in [1.807, 2.05) is 0 Å². The Balaban J connectivity index is 1.69. The smallest absolute Gasteiger partial charge is 0.257 e. The van der Waals surface area contributed by atoms with Crippen molar-refractivity contribution in [2.75, 3.05) is 10.6 Å². The Hall–Kier alpha value is -2.41. The number of thiazole rings is 1. The maximum Gasteiger partial charge on any atom is 0.257 e.